The van der Waals surface area contributed by atoms with Gasteiger partial charge >= 0.3 is 5.97 Å². The first-order valence-electron chi connectivity index (χ1n) is 9.07. The summed E-state index contributed by atoms with van der Waals surface area (Å²) in [5.74, 6) is -1.10. The molecule has 0 aliphatic carbocycles. The van der Waals surface area contributed by atoms with Gasteiger partial charge in [-0.25, -0.2) is 15.2 Å². The number of nitrogens with zero attached hydrogens (tertiary/aromatic N) is 3. The molecule has 2 aromatic carbocycles. The molecule has 11 heteroatoms. The highest BCUT2D eigenvalue weighted by molar-refractivity contribution is 6.37. The summed E-state index contributed by atoms with van der Waals surface area (Å²) < 4.78 is 5.26. The number of nitriles is 1. The third-order valence-corrected chi connectivity index (χ3v) is 4.69. The molecule has 162 valence electrons. The average molecular weight is 472 g/mol. The summed E-state index contributed by atoms with van der Waals surface area (Å²) in [6.45, 7) is 1.35. The van der Waals surface area contributed by atoms with E-state index in [1.165, 1.54) is 25.3 Å². The molecule has 0 radical (unpaired) electrons. The molecular formula is C21H15Cl2N5O4. The normalized spacial score (nSPS) is 11.7. The first kappa shape index (κ1) is 22.8. The highest BCUT2D eigenvalue weighted by Crippen LogP contribution is 2.34. The Hall–Kier alpha value is -3.87. The molecule has 3 aromatic rings. The second-order valence-electron chi connectivity index (χ2n) is 6.40. The Bertz CT molecular complexity index is 1260. The lowest BCUT2D eigenvalue weighted by Crippen LogP contribution is -2.23. The molecule has 0 spiro atoms. The van der Waals surface area contributed by atoms with Gasteiger partial charge in [0, 0.05) is 5.56 Å². The second-order valence-corrected chi connectivity index (χ2v) is 7.21. The standard InChI is InChI=1S/C21H15Cl2N5O4/c1-11(20(30)31)32-18-15(22)7-12(8-16(18)23)10-25-28-21-26-17(13-5-3-2-4-6-13)14(9-24)19(29)27-21/h2-8,10-11H,1H3,(H,30,31)(H2,26,27,28,29). The van der Waals surface area contributed by atoms with Gasteiger partial charge in [-0.15, -0.1) is 0 Å². The van der Waals surface area contributed by atoms with Gasteiger partial charge in [0.25, 0.3) is 5.56 Å². The predicted octanol–water partition coefficient (Wildman–Crippen LogP) is 3.91. The predicted molar refractivity (Wildman–Crippen MR) is 120 cm³/mol. The SMILES string of the molecule is CC(Oc1c(Cl)cc(C=NNc2nc(-c3ccccc3)c(C#N)c(=O)[nH]2)cc1Cl)C(=O)O. The van der Waals surface area contributed by atoms with Crippen LogP contribution in [0.25, 0.3) is 11.3 Å². The van der Waals surface area contributed by atoms with Gasteiger partial charge in [0.05, 0.1) is 22.0 Å². The number of halogens is 2. The van der Waals surface area contributed by atoms with Crippen LogP contribution in [-0.4, -0.2) is 33.4 Å². The molecule has 0 amide bonds. The lowest BCUT2D eigenvalue weighted by Gasteiger charge is -2.13. The third-order valence-electron chi connectivity index (χ3n) is 4.13. The summed E-state index contributed by atoms with van der Waals surface area (Å²) in [4.78, 5) is 29.9. The zero-order chi connectivity index (χ0) is 23.3. The van der Waals surface area contributed by atoms with Gasteiger partial charge in [-0.1, -0.05) is 53.5 Å². The van der Waals surface area contributed by atoms with Gasteiger partial charge in [-0.05, 0) is 24.6 Å². The number of benzene rings is 2. The quantitative estimate of drug-likeness (QED) is 0.350. The van der Waals surface area contributed by atoms with E-state index in [0.717, 1.165) is 0 Å². The monoisotopic (exact) mass is 471 g/mol. The van der Waals surface area contributed by atoms with Crippen molar-refractivity contribution >= 4 is 41.3 Å². The number of ether oxygens (including phenoxy) is 1. The summed E-state index contributed by atoms with van der Waals surface area (Å²) in [7, 11) is 0. The van der Waals surface area contributed by atoms with Crippen LogP contribution in [-0.2, 0) is 4.79 Å². The molecule has 1 aromatic heterocycles. The number of aliphatic carboxylic acids is 1. The largest absolute Gasteiger partial charge is 0.479 e. The number of aromatic nitrogens is 2. The number of nitrogens with one attached hydrogen (secondary N) is 2. The number of aromatic amines is 1. The van der Waals surface area contributed by atoms with Crippen molar-refractivity contribution in [2.45, 2.75) is 13.0 Å². The minimum absolute atomic E-state index is 0.0246. The van der Waals surface area contributed by atoms with Crippen LogP contribution < -0.4 is 15.7 Å². The summed E-state index contributed by atoms with van der Waals surface area (Å²) in [6.07, 6.45) is 0.229. The topological polar surface area (TPSA) is 140 Å². The van der Waals surface area contributed by atoms with Crippen LogP contribution >= 0.6 is 23.2 Å². The molecule has 1 unspecified atom stereocenters. The van der Waals surface area contributed by atoms with Crippen LogP contribution in [0.5, 0.6) is 5.75 Å². The Morgan fingerprint density at radius 1 is 1.31 bits per heavy atom. The molecule has 0 aliphatic heterocycles. The first-order chi connectivity index (χ1) is 15.3. The van der Waals surface area contributed by atoms with E-state index in [9.17, 15) is 14.9 Å². The van der Waals surface area contributed by atoms with Crippen molar-refractivity contribution in [3.63, 3.8) is 0 Å². The Balaban J connectivity index is 1.84. The molecule has 0 aliphatic rings. The van der Waals surface area contributed by atoms with Gasteiger partial charge in [0.15, 0.2) is 11.9 Å². The van der Waals surface area contributed by atoms with Gasteiger partial charge in [-0.2, -0.15) is 10.4 Å². The fraction of sp³-hybridized carbons (Fsp3) is 0.0952. The van der Waals surface area contributed by atoms with E-state index >= 15 is 0 Å². The highest BCUT2D eigenvalue weighted by atomic mass is 35.5. The molecule has 3 N–H and O–H groups in total. The fourth-order valence-corrected chi connectivity index (χ4v) is 3.19. The van der Waals surface area contributed by atoms with Crippen molar-refractivity contribution in [2.75, 3.05) is 5.43 Å². The fourth-order valence-electron chi connectivity index (χ4n) is 2.60. The van der Waals surface area contributed by atoms with E-state index in [-0.39, 0.29) is 33.0 Å². The van der Waals surface area contributed by atoms with Gasteiger partial charge in [0.2, 0.25) is 5.95 Å². The Morgan fingerprint density at radius 3 is 2.56 bits per heavy atom. The number of carbonyl (C=O) groups is 1. The number of hydrogen-bond acceptors (Lipinski definition) is 7. The van der Waals surface area contributed by atoms with Gasteiger partial charge in [-0.3, -0.25) is 9.78 Å². The van der Waals surface area contributed by atoms with Crippen LogP contribution in [0.2, 0.25) is 10.0 Å². The maximum absolute atomic E-state index is 12.3. The van der Waals surface area contributed by atoms with Crippen LogP contribution in [0.1, 0.15) is 18.1 Å². The highest BCUT2D eigenvalue weighted by Gasteiger charge is 2.17. The molecule has 1 atom stereocenters. The van der Waals surface area contributed by atoms with E-state index in [1.807, 2.05) is 6.07 Å². The number of carboxylic acids is 1. The van der Waals surface area contributed by atoms with Crippen molar-refractivity contribution in [2.24, 2.45) is 5.10 Å². The number of anilines is 1. The lowest BCUT2D eigenvalue weighted by atomic mass is 10.1. The molecule has 9 nitrogen and oxygen atoms in total. The minimum Gasteiger partial charge on any atom is -0.479 e. The van der Waals surface area contributed by atoms with E-state index < -0.39 is 17.6 Å². The maximum Gasteiger partial charge on any atom is 0.344 e. The molecule has 0 saturated heterocycles. The van der Waals surface area contributed by atoms with Crippen molar-refractivity contribution in [1.82, 2.24) is 9.97 Å². The van der Waals surface area contributed by atoms with Crippen LogP contribution in [0.15, 0.2) is 52.4 Å². The average Bonchev–Trinajstić information content (AvgIpc) is 2.76. The Morgan fingerprint density at radius 2 is 1.97 bits per heavy atom. The van der Waals surface area contributed by atoms with Crippen LogP contribution in [0, 0.1) is 11.3 Å². The minimum atomic E-state index is -1.16. The molecular weight excluding hydrogens is 457 g/mol. The van der Waals surface area contributed by atoms with E-state index in [0.29, 0.717) is 11.1 Å². The summed E-state index contributed by atoms with van der Waals surface area (Å²) in [6, 6.07) is 13.6. The van der Waals surface area contributed by atoms with E-state index in [2.05, 4.69) is 20.5 Å². The van der Waals surface area contributed by atoms with Crippen LogP contribution in [0.4, 0.5) is 5.95 Å². The van der Waals surface area contributed by atoms with E-state index in [1.54, 1.807) is 30.3 Å². The van der Waals surface area contributed by atoms with Crippen molar-refractivity contribution in [3.8, 4) is 23.1 Å². The number of hydrogen-bond donors (Lipinski definition) is 3. The molecule has 0 bridgehead atoms. The first-order valence-corrected chi connectivity index (χ1v) is 9.83. The Kier molecular flexibility index (Phi) is 7.10. The van der Waals surface area contributed by atoms with Gasteiger partial charge < -0.3 is 9.84 Å². The van der Waals surface area contributed by atoms with E-state index in [4.69, 9.17) is 33.0 Å². The maximum atomic E-state index is 12.3. The second kappa shape index (κ2) is 9.96. The Labute approximate surface area is 191 Å². The number of rotatable bonds is 7. The molecule has 3 rings (SSSR count). The zero-order valence-electron chi connectivity index (χ0n) is 16.5. The smallest absolute Gasteiger partial charge is 0.344 e. The molecule has 1 heterocycles. The number of hydrazone groups is 1. The van der Waals surface area contributed by atoms with Crippen molar-refractivity contribution in [3.05, 3.63) is 74.0 Å². The molecule has 0 saturated carbocycles. The molecule has 0 fully saturated rings. The third kappa shape index (κ3) is 5.24. The summed E-state index contributed by atoms with van der Waals surface area (Å²) in [5, 5.41) is 22.5. The van der Waals surface area contributed by atoms with Gasteiger partial charge in [0.1, 0.15) is 11.6 Å². The zero-order valence-corrected chi connectivity index (χ0v) is 18.0. The van der Waals surface area contributed by atoms with Crippen molar-refractivity contribution < 1.29 is 14.6 Å². The lowest BCUT2D eigenvalue weighted by molar-refractivity contribution is -0.144. The number of carboxylic acid groups (broad SMARTS) is 1. The summed E-state index contributed by atoms with van der Waals surface area (Å²) in [5.41, 5.74) is 3.16. The summed E-state index contributed by atoms with van der Waals surface area (Å²) >= 11 is 12.3. The van der Waals surface area contributed by atoms with Crippen LogP contribution in [0.3, 0.4) is 0 Å². The molecule has 32 heavy (non-hydrogen) atoms. The van der Waals surface area contributed by atoms with Crippen molar-refractivity contribution in [1.29, 1.82) is 5.26 Å². The number of H-pyrrole nitrogens is 1.